The molecule has 0 aliphatic carbocycles. The number of nitrogens with zero attached hydrogens (tertiary/aromatic N) is 1. The van der Waals surface area contributed by atoms with Crippen molar-refractivity contribution >= 4 is 56.0 Å². The molecular formula is C20H14BrN3O3S. The molecule has 6 nitrogen and oxygen atoms in total. The number of oxazole rings is 1. The summed E-state index contributed by atoms with van der Waals surface area (Å²) < 4.78 is 11.4. The van der Waals surface area contributed by atoms with E-state index in [1.807, 2.05) is 48.5 Å². The zero-order chi connectivity index (χ0) is 19.5. The summed E-state index contributed by atoms with van der Waals surface area (Å²) in [7, 11) is 0. The minimum Gasteiger partial charge on any atom is -0.444 e. The van der Waals surface area contributed by atoms with E-state index in [0.29, 0.717) is 17.0 Å². The Kier molecular flexibility index (Phi) is 5.23. The summed E-state index contributed by atoms with van der Waals surface area (Å²) in [6, 6.07) is 18.5. The molecule has 4 rings (SSSR count). The van der Waals surface area contributed by atoms with Crippen LogP contribution >= 0.6 is 28.1 Å². The summed E-state index contributed by atoms with van der Waals surface area (Å²) in [4.78, 5) is 16.5. The lowest BCUT2D eigenvalue weighted by atomic mass is 10.1. The van der Waals surface area contributed by atoms with Gasteiger partial charge in [0.15, 0.2) is 27.0 Å². The van der Waals surface area contributed by atoms with Crippen LogP contribution in [0.15, 0.2) is 74.2 Å². The molecule has 4 aromatic rings. The first-order chi connectivity index (χ1) is 13.6. The lowest BCUT2D eigenvalue weighted by Gasteiger charge is -2.09. The molecule has 0 saturated heterocycles. The van der Waals surface area contributed by atoms with Crippen LogP contribution in [0.1, 0.15) is 22.0 Å². The molecule has 0 radical (unpaired) electrons. The number of carbonyl (C=O) groups excluding carboxylic acids is 1. The van der Waals surface area contributed by atoms with Gasteiger partial charge in [-0.05, 0) is 70.1 Å². The van der Waals surface area contributed by atoms with E-state index in [2.05, 4.69) is 31.5 Å². The minimum absolute atomic E-state index is 0.171. The summed E-state index contributed by atoms with van der Waals surface area (Å²) in [5, 5.41) is 5.72. The third kappa shape index (κ3) is 4.29. The summed E-state index contributed by atoms with van der Waals surface area (Å²) in [5.41, 5.74) is 3.43. The zero-order valence-electron chi connectivity index (χ0n) is 14.4. The number of hydrogen-bond acceptors (Lipinski definition) is 5. The Morgan fingerprint density at radius 1 is 1.04 bits per heavy atom. The lowest BCUT2D eigenvalue weighted by molar-refractivity contribution is 0.0949. The lowest BCUT2D eigenvalue weighted by Crippen LogP contribution is -2.33. The molecule has 0 aliphatic heterocycles. The smallest absolute Gasteiger partial charge is 0.293 e. The van der Waals surface area contributed by atoms with Gasteiger partial charge in [-0.15, -0.1) is 0 Å². The van der Waals surface area contributed by atoms with Crippen molar-refractivity contribution in [3.63, 3.8) is 0 Å². The molecule has 0 fully saturated rings. The topological polar surface area (TPSA) is 80.3 Å². The molecule has 0 aliphatic rings. The van der Waals surface area contributed by atoms with Crippen LogP contribution in [0.25, 0.3) is 11.1 Å². The number of hydrogen-bond donors (Lipinski definition) is 2. The van der Waals surface area contributed by atoms with Crippen LogP contribution in [0.4, 0.5) is 5.69 Å². The van der Waals surface area contributed by atoms with Gasteiger partial charge in [-0.25, -0.2) is 4.98 Å². The summed E-state index contributed by atoms with van der Waals surface area (Å²) in [6.07, 6.45) is 0.587. The number of rotatable bonds is 4. The van der Waals surface area contributed by atoms with Crippen LogP contribution in [0.3, 0.4) is 0 Å². The first kappa shape index (κ1) is 18.4. The largest absolute Gasteiger partial charge is 0.444 e. The van der Waals surface area contributed by atoms with E-state index in [-0.39, 0.29) is 10.9 Å². The number of furan rings is 1. The van der Waals surface area contributed by atoms with E-state index in [9.17, 15) is 4.79 Å². The highest BCUT2D eigenvalue weighted by atomic mass is 79.9. The molecule has 140 valence electrons. The summed E-state index contributed by atoms with van der Waals surface area (Å²) >= 11 is 8.33. The first-order valence-electron chi connectivity index (χ1n) is 8.38. The number of amides is 1. The monoisotopic (exact) mass is 455 g/mol. The number of fused-ring (bicyclic) bond motifs is 1. The molecule has 2 N–H and O–H groups in total. The number of nitrogens with one attached hydrogen (secondary N) is 2. The third-order valence-electron chi connectivity index (χ3n) is 3.93. The minimum atomic E-state index is -0.421. The Labute approximate surface area is 174 Å². The molecule has 0 unspecified atom stereocenters. The maximum Gasteiger partial charge on any atom is 0.293 e. The van der Waals surface area contributed by atoms with Gasteiger partial charge in [-0.2, -0.15) is 0 Å². The van der Waals surface area contributed by atoms with Crippen molar-refractivity contribution in [2.24, 2.45) is 0 Å². The van der Waals surface area contributed by atoms with Crippen molar-refractivity contribution in [1.82, 2.24) is 10.3 Å². The first-order valence-corrected chi connectivity index (χ1v) is 9.58. The van der Waals surface area contributed by atoms with Gasteiger partial charge in [-0.1, -0.05) is 24.3 Å². The Balaban J connectivity index is 1.36. The van der Waals surface area contributed by atoms with Crippen LogP contribution in [-0.4, -0.2) is 16.0 Å². The molecule has 28 heavy (non-hydrogen) atoms. The number of halogens is 1. The Morgan fingerprint density at radius 3 is 2.54 bits per heavy atom. The second-order valence-electron chi connectivity index (χ2n) is 5.96. The molecule has 0 bridgehead atoms. The fourth-order valence-electron chi connectivity index (χ4n) is 2.64. The predicted octanol–water partition coefficient (Wildman–Crippen LogP) is 4.90. The number of anilines is 1. The summed E-state index contributed by atoms with van der Waals surface area (Å²) in [5.74, 6) is 0.412. The van der Waals surface area contributed by atoms with E-state index in [1.54, 1.807) is 12.1 Å². The quantitative estimate of drug-likeness (QED) is 0.426. The van der Waals surface area contributed by atoms with E-state index >= 15 is 0 Å². The van der Waals surface area contributed by atoms with Gasteiger partial charge in [0.1, 0.15) is 5.52 Å². The summed E-state index contributed by atoms with van der Waals surface area (Å²) in [6.45, 7) is 0. The average Bonchev–Trinajstić information content (AvgIpc) is 3.29. The van der Waals surface area contributed by atoms with Crippen LogP contribution < -0.4 is 10.6 Å². The molecule has 2 aromatic heterocycles. The van der Waals surface area contributed by atoms with Gasteiger partial charge in [-0.3, -0.25) is 10.1 Å². The third-order valence-corrected chi connectivity index (χ3v) is 4.56. The molecule has 1 amide bonds. The van der Waals surface area contributed by atoms with Gasteiger partial charge in [0, 0.05) is 12.1 Å². The highest BCUT2D eigenvalue weighted by Gasteiger charge is 2.12. The van der Waals surface area contributed by atoms with Crippen LogP contribution in [0, 0.1) is 0 Å². The predicted molar refractivity (Wildman–Crippen MR) is 113 cm³/mol. The van der Waals surface area contributed by atoms with Crippen molar-refractivity contribution < 1.29 is 13.6 Å². The molecule has 8 heteroatoms. The normalized spacial score (nSPS) is 10.8. The number of benzene rings is 2. The van der Waals surface area contributed by atoms with Gasteiger partial charge in [0.25, 0.3) is 5.91 Å². The average molecular weight is 456 g/mol. The van der Waals surface area contributed by atoms with E-state index < -0.39 is 5.91 Å². The van der Waals surface area contributed by atoms with Crippen LogP contribution in [-0.2, 0) is 6.42 Å². The number of carbonyl (C=O) groups is 1. The van der Waals surface area contributed by atoms with Crippen LogP contribution in [0.5, 0.6) is 0 Å². The van der Waals surface area contributed by atoms with Crippen molar-refractivity contribution in [2.75, 3.05) is 5.32 Å². The SMILES string of the molecule is O=C(NC(=S)Nc1ccc(Cc2nc3ccccc3o2)cc1)c1ccc(Br)o1. The fourth-order valence-corrected chi connectivity index (χ4v) is 3.16. The Hall–Kier alpha value is -2.97. The fraction of sp³-hybridized carbons (Fsp3) is 0.0500. The van der Waals surface area contributed by atoms with Crippen molar-refractivity contribution in [3.8, 4) is 0 Å². The van der Waals surface area contributed by atoms with Crippen molar-refractivity contribution in [1.29, 1.82) is 0 Å². The molecular weight excluding hydrogens is 442 g/mol. The zero-order valence-corrected chi connectivity index (χ0v) is 16.8. The van der Waals surface area contributed by atoms with Gasteiger partial charge in [0.05, 0.1) is 0 Å². The standard InChI is InChI=1S/C20H14BrN3O3S/c21-17-10-9-16(26-17)19(25)24-20(28)22-13-7-5-12(6-8-13)11-18-23-14-3-1-2-4-15(14)27-18/h1-10H,11H2,(H2,22,24,25,28). The number of thiocarbonyl (C=S) groups is 1. The Bertz CT molecular complexity index is 1120. The molecule has 0 atom stereocenters. The van der Waals surface area contributed by atoms with Crippen molar-refractivity contribution in [3.05, 3.63) is 82.5 Å². The molecule has 0 spiro atoms. The highest BCUT2D eigenvalue weighted by Crippen LogP contribution is 2.19. The number of aromatic nitrogens is 1. The van der Waals surface area contributed by atoms with Crippen molar-refractivity contribution in [2.45, 2.75) is 6.42 Å². The van der Waals surface area contributed by atoms with E-state index in [0.717, 1.165) is 22.4 Å². The van der Waals surface area contributed by atoms with Crippen LogP contribution in [0.2, 0.25) is 0 Å². The number of para-hydroxylation sites is 2. The second kappa shape index (κ2) is 7.95. The van der Waals surface area contributed by atoms with Gasteiger partial charge >= 0.3 is 0 Å². The molecule has 2 aromatic carbocycles. The maximum atomic E-state index is 12.0. The van der Waals surface area contributed by atoms with E-state index in [4.69, 9.17) is 21.1 Å². The van der Waals surface area contributed by atoms with Gasteiger partial charge < -0.3 is 14.2 Å². The Morgan fingerprint density at radius 2 is 1.82 bits per heavy atom. The van der Waals surface area contributed by atoms with E-state index in [1.165, 1.54) is 0 Å². The molecule has 2 heterocycles. The molecule has 0 saturated carbocycles. The maximum absolute atomic E-state index is 12.0. The van der Waals surface area contributed by atoms with Gasteiger partial charge in [0.2, 0.25) is 0 Å². The highest BCUT2D eigenvalue weighted by molar-refractivity contribution is 9.10. The second-order valence-corrected chi connectivity index (χ2v) is 7.15.